The van der Waals surface area contributed by atoms with Gasteiger partial charge in [-0.25, -0.2) is 4.98 Å². The zero-order valence-electron chi connectivity index (χ0n) is 9.25. The molecule has 86 valence electrons. The van der Waals surface area contributed by atoms with E-state index in [9.17, 15) is 0 Å². The molecule has 6 heteroatoms. The van der Waals surface area contributed by atoms with Crippen LogP contribution >= 0.6 is 11.3 Å². The van der Waals surface area contributed by atoms with E-state index in [2.05, 4.69) is 21.2 Å². The third-order valence-electron chi connectivity index (χ3n) is 2.73. The third-order valence-corrected chi connectivity index (χ3v) is 3.70. The van der Waals surface area contributed by atoms with Crippen LogP contribution in [0.2, 0.25) is 0 Å². The molecule has 0 aromatic carbocycles. The summed E-state index contributed by atoms with van der Waals surface area (Å²) < 4.78 is 5.16. The van der Waals surface area contributed by atoms with E-state index in [1.54, 1.807) is 11.3 Å². The molecule has 2 unspecified atom stereocenters. The van der Waals surface area contributed by atoms with Gasteiger partial charge >= 0.3 is 0 Å². The molecule has 0 N–H and O–H groups in total. The Kier molecular flexibility index (Phi) is 2.41. The molecule has 1 aliphatic carbocycles. The molecule has 0 saturated heterocycles. The fraction of sp³-hybridized carbons (Fsp3) is 0.455. The molecule has 1 saturated carbocycles. The van der Waals surface area contributed by atoms with Gasteiger partial charge in [0.1, 0.15) is 5.01 Å². The maximum absolute atomic E-state index is 8.73. The Balaban J connectivity index is 1.71. The molecule has 5 nitrogen and oxygen atoms in total. The zero-order chi connectivity index (χ0) is 11.8. The van der Waals surface area contributed by atoms with E-state index in [-0.39, 0.29) is 11.8 Å². The van der Waals surface area contributed by atoms with Crippen molar-refractivity contribution in [3.8, 4) is 6.07 Å². The second-order valence-electron chi connectivity index (χ2n) is 4.19. The monoisotopic (exact) mass is 246 g/mol. The first kappa shape index (κ1) is 10.4. The predicted octanol–water partition coefficient (Wildman–Crippen LogP) is 2.05. The van der Waals surface area contributed by atoms with Crippen LogP contribution in [-0.2, 0) is 6.42 Å². The first-order valence-corrected chi connectivity index (χ1v) is 6.27. The van der Waals surface area contributed by atoms with Gasteiger partial charge in [0.15, 0.2) is 5.82 Å². The van der Waals surface area contributed by atoms with Crippen LogP contribution in [-0.4, -0.2) is 15.1 Å². The van der Waals surface area contributed by atoms with Crippen molar-refractivity contribution >= 4 is 11.3 Å². The molecule has 0 aliphatic heterocycles. The topological polar surface area (TPSA) is 75.6 Å². The van der Waals surface area contributed by atoms with Gasteiger partial charge in [0.2, 0.25) is 5.89 Å². The van der Waals surface area contributed by atoms with Crippen molar-refractivity contribution < 1.29 is 4.52 Å². The summed E-state index contributed by atoms with van der Waals surface area (Å²) in [5.74, 6) is 1.46. The van der Waals surface area contributed by atoms with E-state index in [4.69, 9.17) is 9.78 Å². The Morgan fingerprint density at radius 2 is 2.47 bits per heavy atom. The Bertz CT molecular complexity index is 582. The van der Waals surface area contributed by atoms with Crippen molar-refractivity contribution in [3.05, 3.63) is 27.8 Å². The summed E-state index contributed by atoms with van der Waals surface area (Å²) in [6, 6.07) is 2.21. The second kappa shape index (κ2) is 3.93. The number of aryl methyl sites for hydroxylation is 1. The lowest BCUT2D eigenvalue weighted by atomic mass is 10.3. The maximum atomic E-state index is 8.73. The summed E-state index contributed by atoms with van der Waals surface area (Å²) in [4.78, 5) is 8.66. The number of rotatable bonds is 3. The highest BCUT2D eigenvalue weighted by molar-refractivity contribution is 7.09. The lowest BCUT2D eigenvalue weighted by Gasteiger charge is -1.87. The Labute approximate surface area is 102 Å². The van der Waals surface area contributed by atoms with E-state index >= 15 is 0 Å². The molecular formula is C11H10N4OS. The molecule has 0 bridgehead atoms. The average Bonchev–Trinajstić information content (AvgIpc) is 2.78. The van der Waals surface area contributed by atoms with Crippen molar-refractivity contribution in [3.63, 3.8) is 0 Å². The number of hydrogen-bond acceptors (Lipinski definition) is 6. The van der Waals surface area contributed by atoms with E-state index in [0.29, 0.717) is 18.1 Å². The quantitative estimate of drug-likeness (QED) is 0.828. The van der Waals surface area contributed by atoms with E-state index in [0.717, 1.165) is 17.1 Å². The minimum atomic E-state index is 0.0606. The fourth-order valence-electron chi connectivity index (χ4n) is 1.72. The van der Waals surface area contributed by atoms with Gasteiger partial charge in [-0.2, -0.15) is 10.2 Å². The minimum absolute atomic E-state index is 0.0606. The fourth-order valence-corrected chi connectivity index (χ4v) is 2.49. The van der Waals surface area contributed by atoms with E-state index in [1.165, 1.54) is 0 Å². The Hall–Kier alpha value is -1.74. The van der Waals surface area contributed by atoms with Crippen LogP contribution in [0.15, 0.2) is 9.90 Å². The van der Waals surface area contributed by atoms with Crippen molar-refractivity contribution in [2.24, 2.45) is 5.92 Å². The van der Waals surface area contributed by atoms with Gasteiger partial charge in [-0.3, -0.25) is 0 Å². The first-order valence-electron chi connectivity index (χ1n) is 5.39. The Morgan fingerprint density at radius 3 is 3.12 bits per heavy atom. The van der Waals surface area contributed by atoms with Crippen molar-refractivity contribution in [2.75, 3.05) is 0 Å². The van der Waals surface area contributed by atoms with Crippen LogP contribution in [0.3, 0.4) is 0 Å². The van der Waals surface area contributed by atoms with Crippen molar-refractivity contribution in [2.45, 2.75) is 25.7 Å². The highest BCUT2D eigenvalue weighted by Gasteiger charge is 2.43. The molecule has 2 aromatic rings. The predicted molar refractivity (Wildman–Crippen MR) is 60.4 cm³/mol. The first-order chi connectivity index (χ1) is 8.26. The molecule has 0 radical (unpaired) electrons. The molecule has 1 fully saturated rings. The molecular weight excluding hydrogens is 236 g/mol. The molecule has 1 aliphatic rings. The smallest absolute Gasteiger partial charge is 0.231 e. The molecule has 0 amide bonds. The normalized spacial score (nSPS) is 22.4. The summed E-state index contributed by atoms with van der Waals surface area (Å²) >= 11 is 1.60. The Morgan fingerprint density at radius 1 is 1.59 bits per heavy atom. The van der Waals surface area contributed by atoms with Crippen LogP contribution < -0.4 is 0 Å². The average molecular weight is 246 g/mol. The number of hydrogen-bond donors (Lipinski definition) is 0. The summed E-state index contributed by atoms with van der Waals surface area (Å²) in [7, 11) is 0. The number of aromatic nitrogens is 3. The van der Waals surface area contributed by atoms with Gasteiger partial charge in [-0.05, 0) is 13.3 Å². The van der Waals surface area contributed by atoms with Crippen LogP contribution in [0.5, 0.6) is 0 Å². The van der Waals surface area contributed by atoms with Gasteiger partial charge in [-0.15, -0.1) is 11.3 Å². The maximum Gasteiger partial charge on any atom is 0.231 e. The lowest BCUT2D eigenvalue weighted by molar-refractivity contribution is 0.373. The molecule has 17 heavy (non-hydrogen) atoms. The second-order valence-corrected chi connectivity index (χ2v) is 5.13. The third kappa shape index (κ3) is 2.06. The molecule has 2 heterocycles. The van der Waals surface area contributed by atoms with E-state index in [1.807, 2.05) is 12.3 Å². The van der Waals surface area contributed by atoms with Gasteiger partial charge in [-0.1, -0.05) is 5.16 Å². The van der Waals surface area contributed by atoms with Crippen LogP contribution in [0, 0.1) is 24.2 Å². The molecule has 2 atom stereocenters. The van der Waals surface area contributed by atoms with Crippen LogP contribution in [0.1, 0.15) is 34.8 Å². The number of nitrogens with zero attached hydrogens (tertiary/aromatic N) is 4. The SMILES string of the molecule is Cc1csc(Cc2noc(C3CC3C#N)n2)n1. The lowest BCUT2D eigenvalue weighted by Crippen LogP contribution is -1.91. The van der Waals surface area contributed by atoms with Gasteiger partial charge < -0.3 is 4.52 Å². The minimum Gasteiger partial charge on any atom is -0.339 e. The summed E-state index contributed by atoms with van der Waals surface area (Å²) in [6.07, 6.45) is 1.44. The summed E-state index contributed by atoms with van der Waals surface area (Å²) in [5.41, 5.74) is 1.01. The van der Waals surface area contributed by atoms with Gasteiger partial charge in [0, 0.05) is 11.1 Å². The molecule has 3 rings (SSSR count). The van der Waals surface area contributed by atoms with Gasteiger partial charge in [0.25, 0.3) is 0 Å². The zero-order valence-corrected chi connectivity index (χ0v) is 10.1. The van der Waals surface area contributed by atoms with Crippen LogP contribution in [0.25, 0.3) is 0 Å². The summed E-state index contributed by atoms with van der Waals surface area (Å²) in [6.45, 7) is 1.96. The standard InChI is InChI=1S/C11H10N4OS/c1-6-5-17-10(13-6)3-9-14-11(16-15-9)8-2-7(8)4-12/h5,7-8H,2-3H2,1H3. The van der Waals surface area contributed by atoms with Crippen LogP contribution in [0.4, 0.5) is 0 Å². The highest BCUT2D eigenvalue weighted by Crippen LogP contribution is 2.46. The largest absolute Gasteiger partial charge is 0.339 e. The number of thiazole rings is 1. The van der Waals surface area contributed by atoms with Crippen molar-refractivity contribution in [1.82, 2.24) is 15.1 Å². The highest BCUT2D eigenvalue weighted by atomic mass is 32.1. The summed E-state index contributed by atoms with van der Waals surface area (Å²) in [5, 5.41) is 15.6. The van der Waals surface area contributed by atoms with Crippen molar-refractivity contribution in [1.29, 1.82) is 5.26 Å². The van der Waals surface area contributed by atoms with E-state index < -0.39 is 0 Å². The number of nitriles is 1. The molecule has 0 spiro atoms. The molecule has 2 aromatic heterocycles. The van der Waals surface area contributed by atoms with Gasteiger partial charge in [0.05, 0.1) is 24.3 Å².